The first-order chi connectivity index (χ1) is 15.9. The van der Waals surface area contributed by atoms with Crippen molar-refractivity contribution >= 4 is 27.4 Å². The monoisotopic (exact) mass is 469 g/mol. The molecule has 0 spiro atoms. The minimum absolute atomic E-state index is 0.150. The van der Waals surface area contributed by atoms with Crippen LogP contribution in [-0.2, 0) is 10.0 Å². The predicted octanol–water partition coefficient (Wildman–Crippen LogP) is 4.11. The molecule has 0 aliphatic carbocycles. The maximum atomic E-state index is 13.1. The van der Waals surface area contributed by atoms with Crippen LogP contribution in [0.15, 0.2) is 83.8 Å². The number of anilines is 2. The molecular formula is C24H27N3O5S. The van der Waals surface area contributed by atoms with Crippen LogP contribution >= 0.6 is 0 Å². The molecule has 3 aromatic carbocycles. The number of para-hydroxylation sites is 3. The number of carbonyl (C=O) groups is 1. The first-order valence-electron chi connectivity index (χ1n) is 10.3. The second-order valence-electron chi connectivity index (χ2n) is 7.04. The summed E-state index contributed by atoms with van der Waals surface area (Å²) >= 11 is 0. The van der Waals surface area contributed by atoms with Crippen molar-refractivity contribution in [2.24, 2.45) is 0 Å². The van der Waals surface area contributed by atoms with Gasteiger partial charge in [-0.3, -0.25) is 4.90 Å². The molecule has 0 radical (unpaired) electrons. The Morgan fingerprint density at radius 3 is 2.21 bits per heavy atom. The van der Waals surface area contributed by atoms with E-state index in [1.807, 2.05) is 36.4 Å². The van der Waals surface area contributed by atoms with Crippen LogP contribution in [0.5, 0.6) is 11.5 Å². The molecule has 0 unspecified atom stereocenters. The summed E-state index contributed by atoms with van der Waals surface area (Å²) in [7, 11) is -0.612. The highest BCUT2D eigenvalue weighted by atomic mass is 32.2. The van der Waals surface area contributed by atoms with Crippen molar-refractivity contribution in [2.75, 3.05) is 37.5 Å². The molecule has 2 N–H and O–H groups in total. The number of urea groups is 1. The Hall–Kier alpha value is -3.56. The number of hydrogen-bond donors (Lipinski definition) is 2. The van der Waals surface area contributed by atoms with Crippen molar-refractivity contribution in [1.29, 1.82) is 0 Å². The molecule has 3 rings (SSSR count). The first kappa shape index (κ1) is 24.1. The number of methoxy groups -OCH3 is 2. The van der Waals surface area contributed by atoms with Crippen LogP contribution in [0.25, 0.3) is 0 Å². The smallest absolute Gasteiger partial charge is 0.326 e. The van der Waals surface area contributed by atoms with Crippen LogP contribution in [0.4, 0.5) is 16.2 Å². The van der Waals surface area contributed by atoms with Gasteiger partial charge in [-0.15, -0.1) is 0 Å². The number of nitrogens with one attached hydrogen (secondary N) is 2. The SMILES string of the molecule is COc1ccc(S(=O)(=O)NCCCN(C(=O)Nc2ccccc2OC)c2ccccc2)cc1. The second kappa shape index (κ2) is 11.3. The van der Waals surface area contributed by atoms with Crippen molar-refractivity contribution in [3.63, 3.8) is 0 Å². The molecule has 0 fully saturated rings. The van der Waals surface area contributed by atoms with Gasteiger partial charge in [-0.2, -0.15) is 0 Å². The van der Waals surface area contributed by atoms with Gasteiger partial charge in [0, 0.05) is 18.8 Å². The number of carbonyl (C=O) groups excluding carboxylic acids is 1. The number of amides is 2. The molecule has 3 aromatic rings. The normalized spacial score (nSPS) is 11.0. The predicted molar refractivity (Wildman–Crippen MR) is 129 cm³/mol. The maximum Gasteiger partial charge on any atom is 0.326 e. The van der Waals surface area contributed by atoms with Gasteiger partial charge in [-0.05, 0) is 55.0 Å². The Balaban J connectivity index is 1.65. The summed E-state index contributed by atoms with van der Waals surface area (Å²) in [5.74, 6) is 1.12. The molecule has 0 saturated heterocycles. The van der Waals surface area contributed by atoms with Crippen LogP contribution in [-0.4, -0.2) is 41.8 Å². The van der Waals surface area contributed by atoms with Crippen molar-refractivity contribution in [3.8, 4) is 11.5 Å². The van der Waals surface area contributed by atoms with E-state index in [0.717, 1.165) is 0 Å². The Labute approximate surface area is 194 Å². The lowest BCUT2D eigenvalue weighted by Crippen LogP contribution is -2.37. The molecule has 33 heavy (non-hydrogen) atoms. The van der Waals surface area contributed by atoms with Crippen LogP contribution in [0.2, 0.25) is 0 Å². The van der Waals surface area contributed by atoms with E-state index in [4.69, 9.17) is 9.47 Å². The van der Waals surface area contributed by atoms with Crippen LogP contribution in [0.3, 0.4) is 0 Å². The zero-order valence-electron chi connectivity index (χ0n) is 18.5. The van der Waals surface area contributed by atoms with Crippen molar-refractivity contribution in [2.45, 2.75) is 11.3 Å². The minimum atomic E-state index is -3.67. The summed E-state index contributed by atoms with van der Waals surface area (Å²) in [5.41, 5.74) is 1.24. The third-order valence-corrected chi connectivity index (χ3v) is 6.36. The molecule has 0 saturated carbocycles. The number of sulfonamides is 1. The Kier molecular flexibility index (Phi) is 8.28. The highest BCUT2D eigenvalue weighted by Gasteiger charge is 2.18. The lowest BCUT2D eigenvalue weighted by atomic mass is 10.2. The third kappa shape index (κ3) is 6.47. The average Bonchev–Trinajstić information content (AvgIpc) is 2.84. The lowest BCUT2D eigenvalue weighted by molar-refractivity contribution is 0.256. The summed E-state index contributed by atoms with van der Waals surface area (Å²) in [6.45, 7) is 0.468. The van der Waals surface area contributed by atoms with Gasteiger partial charge in [0.1, 0.15) is 11.5 Å². The van der Waals surface area contributed by atoms with Gasteiger partial charge in [-0.1, -0.05) is 30.3 Å². The summed E-state index contributed by atoms with van der Waals surface area (Å²) < 4.78 is 38.0. The quantitative estimate of drug-likeness (QED) is 0.436. The Bertz CT molecular complexity index is 1150. The van der Waals surface area contributed by atoms with Crippen LogP contribution in [0, 0.1) is 0 Å². The highest BCUT2D eigenvalue weighted by Crippen LogP contribution is 2.24. The molecule has 0 aromatic heterocycles. The van der Waals surface area contributed by atoms with E-state index in [9.17, 15) is 13.2 Å². The van der Waals surface area contributed by atoms with E-state index in [2.05, 4.69) is 10.0 Å². The molecular weight excluding hydrogens is 442 g/mol. The van der Waals surface area contributed by atoms with Crippen molar-refractivity contribution in [3.05, 3.63) is 78.9 Å². The molecule has 0 heterocycles. The van der Waals surface area contributed by atoms with Gasteiger partial charge in [0.2, 0.25) is 10.0 Å². The average molecular weight is 470 g/mol. The summed E-state index contributed by atoms with van der Waals surface area (Å²) in [6, 6.07) is 22.1. The Morgan fingerprint density at radius 1 is 0.879 bits per heavy atom. The topological polar surface area (TPSA) is 97.0 Å². The molecule has 8 nitrogen and oxygen atoms in total. The standard InChI is InChI=1S/C24H27N3O5S/c1-31-20-13-15-21(16-14-20)33(29,30)25-17-8-18-27(19-9-4-3-5-10-19)24(28)26-22-11-6-7-12-23(22)32-2/h3-7,9-16,25H,8,17-18H2,1-2H3,(H,26,28). The highest BCUT2D eigenvalue weighted by molar-refractivity contribution is 7.89. The molecule has 0 aliphatic rings. The van der Waals surface area contributed by atoms with E-state index in [1.165, 1.54) is 26.4 Å². The fraction of sp³-hybridized carbons (Fsp3) is 0.208. The molecule has 0 aliphatic heterocycles. The number of nitrogens with zero attached hydrogens (tertiary/aromatic N) is 1. The van der Waals surface area contributed by atoms with Gasteiger partial charge in [0.05, 0.1) is 24.8 Å². The van der Waals surface area contributed by atoms with Crippen molar-refractivity contribution < 1.29 is 22.7 Å². The minimum Gasteiger partial charge on any atom is -0.497 e. The second-order valence-corrected chi connectivity index (χ2v) is 8.81. The zero-order chi connectivity index (χ0) is 23.7. The molecule has 2 amide bonds. The van der Waals surface area contributed by atoms with E-state index < -0.39 is 10.0 Å². The van der Waals surface area contributed by atoms with Crippen LogP contribution in [0.1, 0.15) is 6.42 Å². The number of ether oxygens (including phenoxy) is 2. The number of rotatable bonds is 10. The largest absolute Gasteiger partial charge is 0.497 e. The fourth-order valence-electron chi connectivity index (χ4n) is 3.17. The number of hydrogen-bond acceptors (Lipinski definition) is 5. The van der Waals surface area contributed by atoms with E-state index in [-0.39, 0.29) is 17.5 Å². The maximum absolute atomic E-state index is 13.1. The summed E-state index contributed by atoms with van der Waals surface area (Å²) in [6.07, 6.45) is 0.406. The fourth-order valence-corrected chi connectivity index (χ4v) is 4.24. The van der Waals surface area contributed by atoms with E-state index >= 15 is 0 Å². The first-order valence-corrected chi connectivity index (χ1v) is 11.8. The van der Waals surface area contributed by atoms with Crippen LogP contribution < -0.4 is 24.4 Å². The lowest BCUT2D eigenvalue weighted by Gasteiger charge is -2.24. The summed E-state index contributed by atoms with van der Waals surface area (Å²) in [5, 5.41) is 2.87. The van der Waals surface area contributed by atoms with Gasteiger partial charge in [0.15, 0.2) is 0 Å². The third-order valence-electron chi connectivity index (χ3n) is 4.88. The van der Waals surface area contributed by atoms with Gasteiger partial charge >= 0.3 is 6.03 Å². The molecule has 0 bridgehead atoms. The van der Waals surface area contributed by atoms with E-state index in [1.54, 1.807) is 35.2 Å². The molecule has 174 valence electrons. The zero-order valence-corrected chi connectivity index (χ0v) is 19.3. The molecule has 9 heteroatoms. The van der Waals surface area contributed by atoms with Gasteiger partial charge in [0.25, 0.3) is 0 Å². The van der Waals surface area contributed by atoms with Gasteiger partial charge < -0.3 is 14.8 Å². The van der Waals surface area contributed by atoms with E-state index in [0.29, 0.717) is 35.8 Å². The number of benzene rings is 3. The Morgan fingerprint density at radius 2 is 1.55 bits per heavy atom. The van der Waals surface area contributed by atoms with Gasteiger partial charge in [-0.25, -0.2) is 17.9 Å². The van der Waals surface area contributed by atoms with Crippen molar-refractivity contribution in [1.82, 2.24) is 4.72 Å². The molecule has 0 atom stereocenters. The summed E-state index contributed by atoms with van der Waals surface area (Å²) in [4.78, 5) is 14.8.